The van der Waals surface area contributed by atoms with E-state index >= 15 is 0 Å². The molecule has 7 N–H and O–H groups in total. The minimum Gasteiger partial charge on any atom is -0.459 e. The average molecular weight is 690 g/mol. The highest BCUT2D eigenvalue weighted by Gasteiger charge is 2.43. The van der Waals surface area contributed by atoms with Crippen LogP contribution in [0.15, 0.2) is 78.3 Å². The van der Waals surface area contributed by atoms with Crippen LogP contribution in [-0.4, -0.2) is 92.2 Å². The molecule has 0 unspecified atom stereocenters. The second-order valence-electron chi connectivity index (χ2n) is 11.7. The van der Waals surface area contributed by atoms with Crippen LogP contribution in [0.5, 0.6) is 0 Å². The number of nitrogens with one attached hydrogen (secondary N) is 3. The topological polar surface area (TPSA) is 220 Å². The number of anilines is 1. The minimum atomic E-state index is -1.18. The van der Waals surface area contributed by atoms with Gasteiger partial charge in [-0.15, -0.1) is 0 Å². The lowest BCUT2D eigenvalue weighted by molar-refractivity contribution is -0.147. The van der Waals surface area contributed by atoms with Crippen molar-refractivity contribution >= 4 is 35.0 Å². The number of hydrogen-bond acceptors (Lipinski definition) is 12. The van der Waals surface area contributed by atoms with Gasteiger partial charge in [0.25, 0.3) is 0 Å². The standard InChI is InChI=1S/C34H43N9O7/c1-36-33(38-17-9-15-25-27(44)28(45)31(50-25)43-21-41-26-29(35)39-20-40-30(26)43)37-16-8-14-24(32(46)48-18-22-10-4-2-5-11-22)42-34(47)49-19-23-12-6-3-7-13-23/h2-7,10-13,20-21,24-25,27-28,31,44-45H,8-9,14-19H2,1H3,(H,42,47)(H2,35,39,40)(H2,36,37,38)/t24-,25+,27+,28+,31+/m0/s1. The number of aromatic nitrogens is 4. The van der Waals surface area contributed by atoms with E-state index in [-0.39, 0.29) is 19.0 Å². The minimum absolute atomic E-state index is 0.0712. The first-order valence-corrected chi connectivity index (χ1v) is 16.4. The van der Waals surface area contributed by atoms with Gasteiger partial charge in [0.05, 0.1) is 12.4 Å². The van der Waals surface area contributed by atoms with Gasteiger partial charge in [-0.3, -0.25) is 9.56 Å². The Hall–Kier alpha value is -5.32. The number of aliphatic imine (C=N–C) groups is 1. The second kappa shape index (κ2) is 17.9. The molecule has 2 aromatic carbocycles. The number of rotatable bonds is 15. The first-order valence-electron chi connectivity index (χ1n) is 16.4. The first kappa shape index (κ1) is 36.0. The highest BCUT2D eigenvalue weighted by molar-refractivity contribution is 5.82. The smallest absolute Gasteiger partial charge is 0.408 e. The van der Waals surface area contributed by atoms with Crippen molar-refractivity contribution in [2.75, 3.05) is 25.9 Å². The van der Waals surface area contributed by atoms with Crippen LogP contribution in [0.1, 0.15) is 43.0 Å². The van der Waals surface area contributed by atoms with E-state index in [1.165, 1.54) is 12.7 Å². The lowest BCUT2D eigenvalue weighted by atomic mass is 10.1. The zero-order chi connectivity index (χ0) is 35.3. The molecule has 3 heterocycles. The van der Waals surface area contributed by atoms with E-state index in [0.717, 1.165) is 11.1 Å². The van der Waals surface area contributed by atoms with Gasteiger partial charge in [0.1, 0.15) is 43.3 Å². The van der Waals surface area contributed by atoms with Crippen molar-refractivity contribution in [2.45, 2.75) is 69.5 Å². The van der Waals surface area contributed by atoms with E-state index in [1.807, 2.05) is 60.7 Å². The summed E-state index contributed by atoms with van der Waals surface area (Å²) in [5.41, 5.74) is 8.32. The number of carbonyl (C=O) groups is 2. The molecule has 50 heavy (non-hydrogen) atoms. The Balaban J connectivity index is 1.04. The van der Waals surface area contributed by atoms with Crippen molar-refractivity contribution < 1.29 is 34.0 Å². The second-order valence-corrected chi connectivity index (χ2v) is 11.7. The van der Waals surface area contributed by atoms with Gasteiger partial charge in [-0.05, 0) is 36.8 Å². The van der Waals surface area contributed by atoms with Crippen molar-refractivity contribution in [1.29, 1.82) is 0 Å². The summed E-state index contributed by atoms with van der Waals surface area (Å²) in [7, 11) is 1.64. The Morgan fingerprint density at radius 1 is 0.940 bits per heavy atom. The van der Waals surface area contributed by atoms with Crippen LogP contribution in [0, 0.1) is 0 Å². The summed E-state index contributed by atoms with van der Waals surface area (Å²) in [5.74, 6) is 0.190. The van der Waals surface area contributed by atoms with E-state index in [9.17, 15) is 19.8 Å². The molecule has 1 aliphatic rings. The molecule has 5 rings (SSSR count). The van der Waals surface area contributed by atoms with E-state index in [4.69, 9.17) is 19.9 Å². The van der Waals surface area contributed by atoms with Crippen LogP contribution in [0.3, 0.4) is 0 Å². The number of guanidine groups is 1. The number of amides is 1. The molecular weight excluding hydrogens is 646 g/mol. The molecule has 5 atom stereocenters. The van der Waals surface area contributed by atoms with Crippen LogP contribution in [0.4, 0.5) is 10.6 Å². The Labute approximate surface area is 289 Å². The summed E-state index contributed by atoms with van der Waals surface area (Å²) in [6.07, 6.45) is 0.125. The summed E-state index contributed by atoms with van der Waals surface area (Å²) >= 11 is 0. The SMILES string of the molecule is CN=C(NCCC[C@H](NC(=O)OCc1ccccc1)C(=O)OCc1ccccc1)NCCC[C@H]1O[C@@H](n2cnc3c(N)ncnc32)[C@H](O)[C@@H]1O. The first-order chi connectivity index (χ1) is 24.3. The highest BCUT2D eigenvalue weighted by atomic mass is 16.6. The maximum Gasteiger partial charge on any atom is 0.408 e. The molecule has 1 fully saturated rings. The van der Waals surface area contributed by atoms with Gasteiger partial charge in [-0.2, -0.15) is 0 Å². The number of aliphatic hydroxyl groups is 2. The van der Waals surface area contributed by atoms with Crippen molar-refractivity contribution in [3.05, 3.63) is 84.4 Å². The largest absolute Gasteiger partial charge is 0.459 e. The monoisotopic (exact) mass is 689 g/mol. The number of benzene rings is 2. The molecule has 0 radical (unpaired) electrons. The molecule has 0 aliphatic carbocycles. The van der Waals surface area contributed by atoms with Crippen molar-refractivity contribution in [3.8, 4) is 0 Å². The van der Waals surface area contributed by atoms with Gasteiger partial charge < -0.3 is 46.1 Å². The van der Waals surface area contributed by atoms with Crippen LogP contribution in [0.2, 0.25) is 0 Å². The Kier molecular flexibility index (Phi) is 12.9. The summed E-state index contributed by atoms with van der Waals surface area (Å²) in [5, 5.41) is 30.4. The number of carbonyl (C=O) groups excluding carboxylic acids is 2. The lowest BCUT2D eigenvalue weighted by Gasteiger charge is -2.19. The van der Waals surface area contributed by atoms with Crippen LogP contribution in [0.25, 0.3) is 11.2 Å². The number of imidazole rings is 1. The summed E-state index contributed by atoms with van der Waals surface area (Å²) < 4.78 is 18.4. The predicted molar refractivity (Wildman–Crippen MR) is 183 cm³/mol. The third kappa shape index (κ3) is 9.64. The number of hydrogen-bond donors (Lipinski definition) is 6. The third-order valence-corrected chi connectivity index (χ3v) is 8.16. The molecule has 0 spiro atoms. The summed E-state index contributed by atoms with van der Waals surface area (Å²) in [6.45, 7) is 1.11. The molecule has 0 bridgehead atoms. The molecule has 16 nitrogen and oxygen atoms in total. The van der Waals surface area contributed by atoms with Crippen molar-refractivity contribution in [2.24, 2.45) is 4.99 Å². The number of fused-ring (bicyclic) bond motifs is 1. The maximum atomic E-state index is 13.0. The molecular formula is C34H43N9O7. The number of alkyl carbamates (subject to hydrolysis) is 1. The number of ether oxygens (including phenoxy) is 3. The van der Waals surface area contributed by atoms with Gasteiger partial charge in [0.2, 0.25) is 0 Å². The molecule has 2 aromatic heterocycles. The summed E-state index contributed by atoms with van der Waals surface area (Å²) in [6, 6.07) is 17.6. The number of nitrogen functional groups attached to an aromatic ring is 1. The molecule has 1 amide bonds. The Bertz CT molecular complexity index is 1710. The summed E-state index contributed by atoms with van der Waals surface area (Å²) in [4.78, 5) is 42.1. The fraction of sp³-hybridized carbons (Fsp3) is 0.412. The van der Waals surface area contributed by atoms with E-state index < -0.39 is 42.6 Å². The van der Waals surface area contributed by atoms with Crippen LogP contribution < -0.4 is 21.7 Å². The number of nitrogens with two attached hydrogens (primary N) is 1. The van der Waals surface area contributed by atoms with E-state index in [1.54, 1.807) is 11.6 Å². The molecule has 0 saturated carbocycles. The van der Waals surface area contributed by atoms with Crippen LogP contribution >= 0.6 is 0 Å². The highest BCUT2D eigenvalue weighted by Crippen LogP contribution is 2.33. The average Bonchev–Trinajstić information content (AvgIpc) is 3.69. The van der Waals surface area contributed by atoms with Crippen molar-refractivity contribution in [3.63, 3.8) is 0 Å². The quantitative estimate of drug-likeness (QED) is 0.0454. The number of nitrogens with zero attached hydrogens (tertiary/aromatic N) is 5. The maximum absolute atomic E-state index is 13.0. The van der Waals surface area contributed by atoms with Gasteiger partial charge in [-0.25, -0.2) is 24.5 Å². The molecule has 4 aromatic rings. The van der Waals surface area contributed by atoms with E-state index in [2.05, 4.69) is 35.9 Å². The lowest BCUT2D eigenvalue weighted by Crippen LogP contribution is -2.43. The Morgan fingerprint density at radius 3 is 2.28 bits per heavy atom. The van der Waals surface area contributed by atoms with Gasteiger partial charge in [0.15, 0.2) is 23.7 Å². The zero-order valence-corrected chi connectivity index (χ0v) is 27.7. The normalized spacial score (nSPS) is 19.5. The molecule has 16 heteroatoms. The molecule has 266 valence electrons. The number of aliphatic hydroxyl groups excluding tert-OH is 2. The van der Waals surface area contributed by atoms with Gasteiger partial charge in [-0.1, -0.05) is 60.7 Å². The molecule has 1 saturated heterocycles. The number of esters is 1. The van der Waals surface area contributed by atoms with Gasteiger partial charge >= 0.3 is 12.1 Å². The van der Waals surface area contributed by atoms with Crippen LogP contribution in [-0.2, 0) is 32.2 Å². The van der Waals surface area contributed by atoms with Crippen molar-refractivity contribution in [1.82, 2.24) is 35.5 Å². The third-order valence-electron chi connectivity index (χ3n) is 8.16. The van der Waals surface area contributed by atoms with E-state index in [0.29, 0.717) is 55.9 Å². The predicted octanol–water partition coefficient (Wildman–Crippen LogP) is 1.79. The zero-order valence-electron chi connectivity index (χ0n) is 27.7. The Morgan fingerprint density at radius 2 is 1.60 bits per heavy atom. The molecule has 1 aliphatic heterocycles. The fourth-order valence-corrected chi connectivity index (χ4v) is 5.48. The van der Waals surface area contributed by atoms with Gasteiger partial charge in [0, 0.05) is 20.1 Å². The fourth-order valence-electron chi connectivity index (χ4n) is 5.48.